The van der Waals surface area contributed by atoms with Gasteiger partial charge >= 0.3 is 0 Å². The number of rotatable bonds is 3. The van der Waals surface area contributed by atoms with E-state index in [4.69, 9.17) is 5.73 Å². The van der Waals surface area contributed by atoms with E-state index in [2.05, 4.69) is 26.1 Å². The molecule has 0 aliphatic heterocycles. The third-order valence-electron chi connectivity index (χ3n) is 2.68. The predicted molar refractivity (Wildman–Crippen MR) is 57.9 cm³/mol. The van der Waals surface area contributed by atoms with Crippen LogP contribution < -0.4 is 11.1 Å². The topological polar surface area (TPSA) is 55.1 Å². The van der Waals surface area contributed by atoms with Crippen LogP contribution in [0.15, 0.2) is 0 Å². The largest absolute Gasteiger partial charge is 0.354 e. The molecule has 0 spiro atoms. The molecule has 3 nitrogen and oxygen atoms in total. The van der Waals surface area contributed by atoms with Crippen molar-refractivity contribution in [1.82, 2.24) is 5.32 Å². The summed E-state index contributed by atoms with van der Waals surface area (Å²) in [4.78, 5) is 11.5. The van der Waals surface area contributed by atoms with E-state index in [9.17, 15) is 4.79 Å². The molecule has 1 saturated carbocycles. The lowest BCUT2D eigenvalue weighted by Gasteiger charge is -2.38. The molecule has 0 atom stereocenters. The summed E-state index contributed by atoms with van der Waals surface area (Å²) in [5.41, 5.74) is 5.96. The third kappa shape index (κ3) is 3.66. The smallest absolute Gasteiger partial charge is 0.220 e. The zero-order chi connectivity index (χ0) is 10.8. The molecule has 1 rings (SSSR count). The maximum Gasteiger partial charge on any atom is 0.220 e. The van der Waals surface area contributed by atoms with Gasteiger partial charge in [0.1, 0.15) is 0 Å². The highest BCUT2D eigenvalue weighted by atomic mass is 16.1. The van der Waals surface area contributed by atoms with Crippen LogP contribution in [0.4, 0.5) is 0 Å². The maximum absolute atomic E-state index is 11.5. The number of nitrogens with two attached hydrogens (primary N) is 1. The van der Waals surface area contributed by atoms with Gasteiger partial charge in [-0.2, -0.15) is 0 Å². The highest BCUT2D eigenvalue weighted by Gasteiger charge is 2.32. The van der Waals surface area contributed by atoms with Crippen LogP contribution in [0.2, 0.25) is 0 Å². The Morgan fingerprint density at radius 2 is 2.00 bits per heavy atom. The van der Waals surface area contributed by atoms with Crippen molar-refractivity contribution in [3.05, 3.63) is 0 Å². The molecule has 3 N–H and O–H groups in total. The molecule has 0 heterocycles. The van der Waals surface area contributed by atoms with Gasteiger partial charge in [-0.3, -0.25) is 4.79 Å². The standard InChI is InChI=1S/C11H22N2O/c1-10(2,3)7-9(14)13-8-11(12)5-4-6-11/h4-8,12H2,1-3H3,(H,13,14). The summed E-state index contributed by atoms with van der Waals surface area (Å²) in [6, 6.07) is 0. The first-order valence-electron chi connectivity index (χ1n) is 5.36. The molecule has 0 saturated heterocycles. The third-order valence-corrected chi connectivity index (χ3v) is 2.68. The molecule has 1 amide bonds. The molecule has 1 aliphatic carbocycles. The van der Waals surface area contributed by atoms with Crippen LogP contribution in [-0.4, -0.2) is 18.0 Å². The van der Waals surface area contributed by atoms with Gasteiger partial charge in [0, 0.05) is 18.5 Å². The Morgan fingerprint density at radius 1 is 1.43 bits per heavy atom. The van der Waals surface area contributed by atoms with Crippen LogP contribution in [0, 0.1) is 5.41 Å². The van der Waals surface area contributed by atoms with Crippen molar-refractivity contribution in [1.29, 1.82) is 0 Å². The summed E-state index contributed by atoms with van der Waals surface area (Å²) < 4.78 is 0. The summed E-state index contributed by atoms with van der Waals surface area (Å²) in [6.07, 6.45) is 3.86. The quantitative estimate of drug-likeness (QED) is 0.720. The van der Waals surface area contributed by atoms with E-state index in [1.54, 1.807) is 0 Å². The zero-order valence-corrected chi connectivity index (χ0v) is 9.52. The van der Waals surface area contributed by atoms with Crippen molar-refractivity contribution in [2.45, 2.75) is 52.0 Å². The number of hydrogen-bond donors (Lipinski definition) is 2. The summed E-state index contributed by atoms with van der Waals surface area (Å²) in [6.45, 7) is 6.83. The Morgan fingerprint density at radius 3 is 2.36 bits per heavy atom. The molecule has 1 aliphatic rings. The van der Waals surface area contributed by atoms with Crippen molar-refractivity contribution in [3.8, 4) is 0 Å². The minimum atomic E-state index is -0.104. The first-order chi connectivity index (χ1) is 6.31. The SMILES string of the molecule is CC(C)(C)CC(=O)NCC1(N)CCC1. The number of carbonyl (C=O) groups excluding carboxylic acids is 1. The van der Waals surface area contributed by atoms with Crippen molar-refractivity contribution >= 4 is 5.91 Å². The lowest BCUT2D eigenvalue weighted by molar-refractivity contribution is -0.123. The van der Waals surface area contributed by atoms with Gasteiger partial charge in [0.05, 0.1) is 0 Å². The molecular formula is C11H22N2O. The summed E-state index contributed by atoms with van der Waals surface area (Å²) in [5, 5.41) is 2.92. The first kappa shape index (κ1) is 11.5. The van der Waals surface area contributed by atoms with Crippen molar-refractivity contribution in [3.63, 3.8) is 0 Å². The average molecular weight is 198 g/mol. The Bertz CT molecular complexity index is 214. The van der Waals surface area contributed by atoms with Crippen LogP contribution in [0.3, 0.4) is 0 Å². The van der Waals surface area contributed by atoms with Crippen LogP contribution >= 0.6 is 0 Å². The number of hydrogen-bond acceptors (Lipinski definition) is 2. The molecule has 14 heavy (non-hydrogen) atoms. The number of carbonyl (C=O) groups is 1. The molecule has 0 aromatic rings. The monoisotopic (exact) mass is 198 g/mol. The second-order valence-electron chi connectivity index (χ2n) is 5.73. The van der Waals surface area contributed by atoms with Gasteiger partial charge in [-0.05, 0) is 24.7 Å². The summed E-state index contributed by atoms with van der Waals surface area (Å²) in [5.74, 6) is 0.120. The van der Waals surface area contributed by atoms with Crippen LogP contribution in [0.1, 0.15) is 46.5 Å². The minimum Gasteiger partial charge on any atom is -0.354 e. The van der Waals surface area contributed by atoms with E-state index in [1.807, 2.05) is 0 Å². The van der Waals surface area contributed by atoms with Crippen LogP contribution in [0.5, 0.6) is 0 Å². The van der Waals surface area contributed by atoms with Crippen molar-refractivity contribution < 1.29 is 4.79 Å². The van der Waals surface area contributed by atoms with E-state index >= 15 is 0 Å². The number of nitrogens with one attached hydrogen (secondary N) is 1. The van der Waals surface area contributed by atoms with E-state index in [0.29, 0.717) is 13.0 Å². The maximum atomic E-state index is 11.5. The van der Waals surface area contributed by atoms with E-state index in [1.165, 1.54) is 6.42 Å². The zero-order valence-electron chi connectivity index (χ0n) is 9.52. The molecule has 0 aromatic heterocycles. The van der Waals surface area contributed by atoms with Gasteiger partial charge in [0.15, 0.2) is 0 Å². The Hall–Kier alpha value is -0.570. The molecule has 0 radical (unpaired) electrons. The summed E-state index contributed by atoms with van der Waals surface area (Å²) >= 11 is 0. The van der Waals surface area contributed by atoms with Crippen LogP contribution in [0.25, 0.3) is 0 Å². The fraction of sp³-hybridized carbons (Fsp3) is 0.909. The minimum absolute atomic E-state index is 0.0610. The van der Waals surface area contributed by atoms with E-state index in [-0.39, 0.29) is 16.9 Å². The lowest BCUT2D eigenvalue weighted by Crippen LogP contribution is -2.55. The van der Waals surface area contributed by atoms with Gasteiger partial charge in [-0.25, -0.2) is 0 Å². The Kier molecular flexibility index (Phi) is 3.20. The van der Waals surface area contributed by atoms with Gasteiger partial charge in [0.25, 0.3) is 0 Å². The molecule has 0 unspecified atom stereocenters. The molecule has 0 aromatic carbocycles. The van der Waals surface area contributed by atoms with Gasteiger partial charge in [-0.1, -0.05) is 20.8 Å². The van der Waals surface area contributed by atoms with Gasteiger partial charge in [0.2, 0.25) is 5.91 Å². The van der Waals surface area contributed by atoms with Gasteiger partial charge in [-0.15, -0.1) is 0 Å². The fourth-order valence-electron chi connectivity index (χ4n) is 1.63. The highest BCUT2D eigenvalue weighted by Crippen LogP contribution is 2.28. The van der Waals surface area contributed by atoms with Gasteiger partial charge < -0.3 is 11.1 Å². The second-order valence-corrected chi connectivity index (χ2v) is 5.73. The molecule has 0 bridgehead atoms. The molecular weight excluding hydrogens is 176 g/mol. The predicted octanol–water partition coefficient (Wildman–Crippen LogP) is 1.42. The summed E-state index contributed by atoms with van der Waals surface area (Å²) in [7, 11) is 0. The van der Waals surface area contributed by atoms with Crippen molar-refractivity contribution in [2.75, 3.05) is 6.54 Å². The Labute approximate surface area is 86.4 Å². The average Bonchev–Trinajstić information content (AvgIpc) is 1.94. The molecule has 1 fully saturated rings. The van der Waals surface area contributed by atoms with Crippen molar-refractivity contribution in [2.24, 2.45) is 11.1 Å². The normalized spacial score (nSPS) is 20.0. The lowest BCUT2D eigenvalue weighted by atomic mass is 9.77. The van der Waals surface area contributed by atoms with E-state index in [0.717, 1.165) is 12.8 Å². The Balaban J connectivity index is 2.21. The fourth-order valence-corrected chi connectivity index (χ4v) is 1.63. The molecule has 82 valence electrons. The second kappa shape index (κ2) is 3.89. The highest BCUT2D eigenvalue weighted by molar-refractivity contribution is 5.76. The van der Waals surface area contributed by atoms with Crippen LogP contribution in [-0.2, 0) is 4.79 Å². The van der Waals surface area contributed by atoms with E-state index < -0.39 is 0 Å². The molecule has 3 heteroatoms. The number of amides is 1. The first-order valence-corrected chi connectivity index (χ1v) is 5.36.